The average molecular weight is 276 g/mol. The molecule has 1 amide bonds. The topological polar surface area (TPSA) is 75.4 Å². The highest BCUT2D eigenvalue weighted by Gasteiger charge is 2.12. The molecule has 1 aromatic heterocycles. The summed E-state index contributed by atoms with van der Waals surface area (Å²) >= 11 is 1.52. The molecule has 4 N–H and O–H groups in total. The number of aliphatic hydroxyl groups is 1. The van der Waals surface area contributed by atoms with Gasteiger partial charge in [0.2, 0.25) is 0 Å². The van der Waals surface area contributed by atoms with Crippen molar-refractivity contribution in [3.8, 4) is 0 Å². The zero-order valence-corrected chi connectivity index (χ0v) is 11.4. The molecular weight excluding hydrogens is 260 g/mol. The summed E-state index contributed by atoms with van der Waals surface area (Å²) in [5.41, 5.74) is 8.49. The van der Waals surface area contributed by atoms with Gasteiger partial charge in [-0.1, -0.05) is 0 Å². The number of nitrogens with two attached hydrogens (primary N) is 1. The molecule has 2 aromatic rings. The van der Waals surface area contributed by atoms with E-state index < -0.39 is 6.10 Å². The number of hydrogen-bond donors (Lipinski definition) is 3. The quantitative estimate of drug-likeness (QED) is 0.749. The number of thiophene rings is 1. The average Bonchev–Trinajstić information content (AvgIpc) is 2.89. The van der Waals surface area contributed by atoms with Gasteiger partial charge in [0.1, 0.15) is 0 Å². The van der Waals surface area contributed by atoms with Crippen molar-refractivity contribution in [2.24, 2.45) is 0 Å². The summed E-state index contributed by atoms with van der Waals surface area (Å²) in [7, 11) is 0. The molecule has 0 aliphatic heterocycles. The molecule has 0 fully saturated rings. The second kappa shape index (κ2) is 5.86. The van der Waals surface area contributed by atoms with Crippen LogP contribution in [0.3, 0.4) is 0 Å². The summed E-state index contributed by atoms with van der Waals surface area (Å²) in [5, 5.41) is 16.4. The number of carbonyl (C=O) groups is 1. The van der Waals surface area contributed by atoms with Crippen molar-refractivity contribution in [2.45, 2.75) is 13.0 Å². The first-order chi connectivity index (χ1) is 9.08. The van der Waals surface area contributed by atoms with Crippen LogP contribution < -0.4 is 11.1 Å². The monoisotopic (exact) mass is 276 g/mol. The van der Waals surface area contributed by atoms with Gasteiger partial charge in [0, 0.05) is 17.8 Å². The Labute approximate surface area is 115 Å². The van der Waals surface area contributed by atoms with E-state index in [0.717, 1.165) is 11.1 Å². The zero-order valence-electron chi connectivity index (χ0n) is 10.6. The molecule has 19 heavy (non-hydrogen) atoms. The summed E-state index contributed by atoms with van der Waals surface area (Å²) in [5.74, 6) is -0.202. The van der Waals surface area contributed by atoms with E-state index in [2.05, 4.69) is 5.32 Å². The molecule has 0 spiro atoms. The van der Waals surface area contributed by atoms with Gasteiger partial charge in [-0.05, 0) is 53.1 Å². The van der Waals surface area contributed by atoms with Gasteiger partial charge in [0.15, 0.2) is 0 Å². The smallest absolute Gasteiger partial charge is 0.251 e. The molecule has 0 saturated heterocycles. The van der Waals surface area contributed by atoms with Gasteiger partial charge in [0.05, 0.1) is 6.10 Å². The van der Waals surface area contributed by atoms with Gasteiger partial charge >= 0.3 is 0 Å². The van der Waals surface area contributed by atoms with Crippen molar-refractivity contribution in [3.05, 3.63) is 51.7 Å². The first kappa shape index (κ1) is 13.6. The maximum absolute atomic E-state index is 12.0. The maximum atomic E-state index is 12.0. The first-order valence-corrected chi connectivity index (χ1v) is 6.86. The van der Waals surface area contributed by atoms with E-state index in [1.54, 1.807) is 18.2 Å². The molecule has 1 heterocycles. The van der Waals surface area contributed by atoms with Crippen LogP contribution in [-0.4, -0.2) is 17.6 Å². The largest absolute Gasteiger partial charge is 0.399 e. The predicted octanol–water partition coefficient (Wildman–Crippen LogP) is 2.10. The Balaban J connectivity index is 1.98. The van der Waals surface area contributed by atoms with Gasteiger partial charge in [-0.15, -0.1) is 0 Å². The number of carbonyl (C=O) groups excluding carboxylic acids is 1. The van der Waals surface area contributed by atoms with Crippen LogP contribution in [0.4, 0.5) is 5.69 Å². The van der Waals surface area contributed by atoms with E-state index in [1.165, 1.54) is 11.3 Å². The van der Waals surface area contributed by atoms with E-state index in [1.807, 2.05) is 23.8 Å². The number of rotatable bonds is 4. The molecule has 1 unspecified atom stereocenters. The van der Waals surface area contributed by atoms with Crippen LogP contribution in [0.5, 0.6) is 0 Å². The maximum Gasteiger partial charge on any atom is 0.251 e. The van der Waals surface area contributed by atoms with Crippen molar-refractivity contribution < 1.29 is 9.90 Å². The summed E-state index contributed by atoms with van der Waals surface area (Å²) < 4.78 is 0. The van der Waals surface area contributed by atoms with E-state index >= 15 is 0 Å². The molecule has 1 atom stereocenters. The Morgan fingerprint density at radius 1 is 1.47 bits per heavy atom. The minimum absolute atomic E-state index is 0.194. The van der Waals surface area contributed by atoms with E-state index in [-0.39, 0.29) is 12.5 Å². The van der Waals surface area contributed by atoms with E-state index in [9.17, 15) is 9.90 Å². The summed E-state index contributed by atoms with van der Waals surface area (Å²) in [6.45, 7) is 2.03. The third-order valence-corrected chi connectivity index (χ3v) is 3.58. The summed E-state index contributed by atoms with van der Waals surface area (Å²) in [4.78, 5) is 12.0. The van der Waals surface area contributed by atoms with Crippen LogP contribution in [0, 0.1) is 6.92 Å². The fourth-order valence-corrected chi connectivity index (χ4v) is 2.52. The van der Waals surface area contributed by atoms with E-state index in [4.69, 9.17) is 5.73 Å². The third kappa shape index (κ3) is 3.33. The Hall–Kier alpha value is -1.85. The lowest BCUT2D eigenvalue weighted by molar-refractivity contribution is 0.0916. The minimum Gasteiger partial charge on any atom is -0.399 e. The van der Waals surface area contributed by atoms with Crippen molar-refractivity contribution in [1.29, 1.82) is 0 Å². The van der Waals surface area contributed by atoms with Crippen molar-refractivity contribution in [1.82, 2.24) is 5.32 Å². The molecule has 0 aliphatic carbocycles. The standard InChI is InChI=1S/C14H16N2O2S/c1-9-6-11(15)2-3-12(9)14(18)16-7-13(17)10-4-5-19-8-10/h2-6,8,13,17H,7,15H2,1H3,(H,16,18). The second-order valence-electron chi connectivity index (χ2n) is 4.36. The molecule has 4 nitrogen and oxygen atoms in total. The number of aliphatic hydroxyl groups excluding tert-OH is 1. The number of hydrogen-bond acceptors (Lipinski definition) is 4. The summed E-state index contributed by atoms with van der Waals surface area (Å²) in [6.07, 6.45) is -0.677. The Kier molecular flexibility index (Phi) is 4.19. The number of benzene rings is 1. The third-order valence-electron chi connectivity index (χ3n) is 2.88. The Morgan fingerprint density at radius 2 is 2.26 bits per heavy atom. The normalized spacial score (nSPS) is 12.1. The van der Waals surface area contributed by atoms with Crippen LogP contribution in [0.1, 0.15) is 27.6 Å². The van der Waals surface area contributed by atoms with E-state index in [0.29, 0.717) is 11.3 Å². The highest BCUT2D eigenvalue weighted by Crippen LogP contribution is 2.16. The Bertz CT molecular complexity index is 567. The van der Waals surface area contributed by atoms with Gasteiger partial charge in [-0.3, -0.25) is 4.79 Å². The Morgan fingerprint density at radius 3 is 2.89 bits per heavy atom. The van der Waals surface area contributed by atoms with Crippen LogP contribution in [0.2, 0.25) is 0 Å². The highest BCUT2D eigenvalue weighted by atomic mass is 32.1. The number of nitrogen functional groups attached to an aromatic ring is 1. The lowest BCUT2D eigenvalue weighted by Crippen LogP contribution is -2.28. The molecule has 0 radical (unpaired) electrons. The molecule has 100 valence electrons. The second-order valence-corrected chi connectivity index (χ2v) is 5.14. The van der Waals surface area contributed by atoms with Gasteiger partial charge in [-0.2, -0.15) is 11.3 Å². The zero-order chi connectivity index (χ0) is 13.8. The SMILES string of the molecule is Cc1cc(N)ccc1C(=O)NCC(O)c1ccsc1. The lowest BCUT2D eigenvalue weighted by atomic mass is 10.1. The predicted molar refractivity (Wildman–Crippen MR) is 77.2 cm³/mol. The molecular formula is C14H16N2O2S. The minimum atomic E-state index is -0.677. The number of aryl methyl sites for hydroxylation is 1. The van der Waals surface area contributed by atoms with Crippen molar-refractivity contribution >= 4 is 22.9 Å². The van der Waals surface area contributed by atoms with Crippen LogP contribution in [-0.2, 0) is 0 Å². The van der Waals surface area contributed by atoms with Crippen LogP contribution in [0.25, 0.3) is 0 Å². The fourth-order valence-electron chi connectivity index (χ4n) is 1.81. The number of anilines is 1. The van der Waals surface area contributed by atoms with Gasteiger partial charge < -0.3 is 16.2 Å². The number of amides is 1. The molecule has 0 aliphatic rings. The first-order valence-electron chi connectivity index (χ1n) is 5.92. The number of nitrogens with one attached hydrogen (secondary N) is 1. The highest BCUT2D eigenvalue weighted by molar-refractivity contribution is 7.07. The van der Waals surface area contributed by atoms with Crippen LogP contribution in [0.15, 0.2) is 35.0 Å². The molecule has 2 rings (SSSR count). The lowest BCUT2D eigenvalue weighted by Gasteiger charge is -2.12. The molecule has 0 saturated carbocycles. The van der Waals surface area contributed by atoms with Crippen molar-refractivity contribution in [2.75, 3.05) is 12.3 Å². The summed E-state index contributed by atoms with van der Waals surface area (Å²) in [6, 6.07) is 6.98. The fraction of sp³-hybridized carbons (Fsp3) is 0.214. The molecule has 0 bridgehead atoms. The van der Waals surface area contributed by atoms with Crippen LogP contribution >= 0.6 is 11.3 Å². The van der Waals surface area contributed by atoms with Gasteiger partial charge in [0.25, 0.3) is 5.91 Å². The van der Waals surface area contributed by atoms with Gasteiger partial charge in [-0.25, -0.2) is 0 Å². The molecule has 5 heteroatoms. The molecule has 1 aromatic carbocycles. The van der Waals surface area contributed by atoms with Crippen molar-refractivity contribution in [3.63, 3.8) is 0 Å².